The highest BCUT2D eigenvalue weighted by Crippen LogP contribution is 2.68. The van der Waals surface area contributed by atoms with Gasteiger partial charge >= 0.3 is 0 Å². The zero-order valence-corrected chi connectivity index (χ0v) is 24.1. The number of carbonyl (C=O) groups is 3. The molecule has 1 N–H and O–H groups in total. The number of hydrogen-bond donors (Lipinski definition) is 1. The van der Waals surface area contributed by atoms with Gasteiger partial charge in [-0.25, -0.2) is 0 Å². The van der Waals surface area contributed by atoms with Crippen molar-refractivity contribution in [3.05, 3.63) is 57.7 Å². The van der Waals surface area contributed by atoms with Crippen molar-refractivity contribution in [3.8, 4) is 17.2 Å². The van der Waals surface area contributed by atoms with Crippen molar-refractivity contribution in [2.45, 2.75) is 90.1 Å². The second-order valence-corrected chi connectivity index (χ2v) is 13.1. The number of hydrogen-bond acceptors (Lipinski definition) is 7. The van der Waals surface area contributed by atoms with E-state index in [0.29, 0.717) is 40.9 Å². The van der Waals surface area contributed by atoms with Gasteiger partial charge in [0.1, 0.15) is 34.7 Å². The van der Waals surface area contributed by atoms with Crippen molar-refractivity contribution in [1.29, 1.82) is 0 Å². The first-order valence-corrected chi connectivity index (χ1v) is 13.9. The van der Waals surface area contributed by atoms with Gasteiger partial charge < -0.3 is 19.3 Å². The number of carbonyl (C=O) groups excluding carboxylic acids is 3. The lowest BCUT2D eigenvalue weighted by Crippen LogP contribution is -2.72. The maximum absolute atomic E-state index is 14.5. The second-order valence-electron chi connectivity index (χ2n) is 13.1. The summed E-state index contributed by atoms with van der Waals surface area (Å²) in [6.45, 7) is 13.4. The van der Waals surface area contributed by atoms with Crippen LogP contribution in [0.15, 0.2) is 41.0 Å². The Balaban J connectivity index is 1.67. The highest BCUT2D eigenvalue weighted by atomic mass is 16.6. The summed E-state index contributed by atoms with van der Waals surface area (Å²) in [6, 6.07) is 0. The molecule has 40 heavy (non-hydrogen) atoms. The van der Waals surface area contributed by atoms with Crippen LogP contribution in [0, 0.1) is 11.8 Å². The van der Waals surface area contributed by atoms with Crippen molar-refractivity contribution in [3.63, 3.8) is 0 Å². The minimum absolute atomic E-state index is 0.0905. The highest BCUT2D eigenvalue weighted by molar-refractivity contribution is 6.19. The summed E-state index contributed by atoms with van der Waals surface area (Å²) in [5, 5.41) is 11.5. The van der Waals surface area contributed by atoms with Gasteiger partial charge in [-0.2, -0.15) is 0 Å². The number of ketones is 2. The van der Waals surface area contributed by atoms with Gasteiger partial charge in [-0.15, -0.1) is 0 Å². The van der Waals surface area contributed by atoms with Crippen molar-refractivity contribution in [1.82, 2.24) is 0 Å². The standard InChI is InChI=1S/C33H36O7/c1-17(2)8-9-21-27-20(11-12-30(4,5)38-27)25(35)24-26(36)22-14-19-15-23-31(6,7)40-32(29(19)37,13-10-18(3)16-34)33(22,23)39-28(21)24/h8,10-12,14,16,19,23,35H,9,13,15H2,1-7H3/b18-10+/t19-,23?,32?,33-/m1/s1. The van der Waals surface area contributed by atoms with E-state index >= 15 is 0 Å². The molecule has 1 saturated heterocycles. The average Bonchev–Trinajstić information content (AvgIpc) is 3.03. The molecule has 7 nitrogen and oxygen atoms in total. The van der Waals surface area contributed by atoms with Gasteiger partial charge in [0.15, 0.2) is 22.8 Å². The maximum atomic E-state index is 14.5. The predicted octanol–water partition coefficient (Wildman–Crippen LogP) is 5.63. The predicted molar refractivity (Wildman–Crippen MR) is 150 cm³/mol. The topological polar surface area (TPSA) is 99.1 Å². The number of aromatic hydroxyl groups is 1. The smallest absolute Gasteiger partial charge is 0.200 e. The maximum Gasteiger partial charge on any atom is 0.200 e. The molecule has 7 heteroatoms. The fourth-order valence-electron chi connectivity index (χ4n) is 7.41. The van der Waals surface area contributed by atoms with Gasteiger partial charge in [-0.05, 0) is 79.0 Å². The quantitative estimate of drug-likeness (QED) is 0.292. The molecule has 4 atom stereocenters. The SMILES string of the molecule is CC(C)=CCc1c2c(c(O)c3c1O[C@]14C(=C[C@@H]5CC1C(C)(C)OC4(C/C=C(\C)C=O)C5=O)C3=O)C=CC(C)(C)O2. The van der Waals surface area contributed by atoms with Gasteiger partial charge in [0.25, 0.3) is 0 Å². The number of ether oxygens (including phenoxy) is 3. The average molecular weight is 545 g/mol. The van der Waals surface area contributed by atoms with Crippen LogP contribution in [0.2, 0.25) is 0 Å². The molecule has 0 amide bonds. The Morgan fingerprint density at radius 3 is 2.48 bits per heavy atom. The third-order valence-corrected chi connectivity index (χ3v) is 9.23. The lowest BCUT2D eigenvalue weighted by Gasteiger charge is -2.56. The molecule has 3 aliphatic heterocycles. The molecule has 3 aliphatic carbocycles. The van der Waals surface area contributed by atoms with E-state index in [1.165, 1.54) is 0 Å². The van der Waals surface area contributed by atoms with Crippen LogP contribution >= 0.6 is 0 Å². The molecule has 4 bridgehead atoms. The molecular weight excluding hydrogens is 508 g/mol. The Hall–Kier alpha value is -3.45. The van der Waals surface area contributed by atoms with Gasteiger partial charge in [0.2, 0.25) is 0 Å². The van der Waals surface area contributed by atoms with Crippen LogP contribution in [-0.2, 0) is 20.7 Å². The van der Waals surface area contributed by atoms with Gasteiger partial charge in [0.05, 0.1) is 11.2 Å². The molecule has 0 radical (unpaired) electrons. The molecule has 7 rings (SSSR count). The molecule has 3 heterocycles. The lowest BCUT2D eigenvalue weighted by molar-refractivity contribution is -0.171. The molecule has 2 unspecified atom stereocenters. The van der Waals surface area contributed by atoms with Crippen LogP contribution in [0.5, 0.6) is 17.2 Å². The first-order valence-electron chi connectivity index (χ1n) is 13.9. The fraction of sp³-hybridized carbons (Fsp3) is 0.485. The molecule has 2 fully saturated rings. The van der Waals surface area contributed by atoms with Crippen LogP contribution in [0.25, 0.3) is 6.08 Å². The van der Waals surface area contributed by atoms with Crippen LogP contribution in [-0.4, -0.2) is 45.4 Å². The van der Waals surface area contributed by atoms with E-state index in [2.05, 4.69) is 0 Å². The zero-order chi connectivity index (χ0) is 29.0. The van der Waals surface area contributed by atoms with Gasteiger partial charge in [-0.3, -0.25) is 14.4 Å². The number of benzene rings is 1. The molecule has 1 aromatic carbocycles. The normalized spacial score (nSPS) is 31.9. The summed E-state index contributed by atoms with van der Waals surface area (Å²) in [4.78, 5) is 40.1. The third-order valence-electron chi connectivity index (χ3n) is 9.23. The minimum Gasteiger partial charge on any atom is -0.506 e. The number of rotatable bonds is 5. The second kappa shape index (κ2) is 8.29. The molecular formula is C33H36O7. The Morgan fingerprint density at radius 2 is 1.80 bits per heavy atom. The van der Waals surface area contributed by atoms with Crippen LogP contribution in [0.1, 0.15) is 82.8 Å². The van der Waals surface area contributed by atoms with Crippen molar-refractivity contribution in [2.75, 3.05) is 0 Å². The number of phenols is 1. The van der Waals surface area contributed by atoms with Crippen LogP contribution in [0.3, 0.4) is 0 Å². The number of phenolic OH excluding ortho intramolecular Hbond substituents is 1. The summed E-state index contributed by atoms with van der Waals surface area (Å²) in [5.74, 6) is -0.814. The zero-order valence-electron chi connectivity index (χ0n) is 24.1. The van der Waals surface area contributed by atoms with Gasteiger partial charge in [-0.1, -0.05) is 23.8 Å². The summed E-state index contributed by atoms with van der Waals surface area (Å²) < 4.78 is 20.2. The van der Waals surface area contributed by atoms with Crippen molar-refractivity contribution < 1.29 is 33.7 Å². The molecule has 1 spiro atoms. The number of allylic oxidation sites excluding steroid dienone is 4. The first kappa shape index (κ1) is 26.8. The fourth-order valence-corrected chi connectivity index (χ4v) is 7.41. The van der Waals surface area contributed by atoms with Crippen LogP contribution < -0.4 is 9.47 Å². The van der Waals surface area contributed by atoms with E-state index < -0.39 is 28.3 Å². The largest absolute Gasteiger partial charge is 0.506 e. The summed E-state index contributed by atoms with van der Waals surface area (Å²) in [5.41, 5.74) is -1.26. The van der Waals surface area contributed by atoms with Crippen molar-refractivity contribution in [2.24, 2.45) is 11.8 Å². The third kappa shape index (κ3) is 3.30. The van der Waals surface area contributed by atoms with E-state index in [0.717, 1.165) is 11.9 Å². The summed E-state index contributed by atoms with van der Waals surface area (Å²) in [7, 11) is 0. The van der Waals surface area contributed by atoms with E-state index in [4.69, 9.17) is 14.2 Å². The Kier molecular flexibility index (Phi) is 5.54. The van der Waals surface area contributed by atoms with E-state index in [1.54, 1.807) is 25.2 Å². The number of aldehydes is 1. The summed E-state index contributed by atoms with van der Waals surface area (Å²) >= 11 is 0. The van der Waals surface area contributed by atoms with E-state index in [1.807, 2.05) is 53.7 Å². The van der Waals surface area contributed by atoms with Crippen LogP contribution in [0.4, 0.5) is 0 Å². The number of fused-ring (bicyclic) bond motifs is 2. The Bertz CT molecular complexity index is 1510. The lowest BCUT2D eigenvalue weighted by atomic mass is 9.51. The monoisotopic (exact) mass is 544 g/mol. The van der Waals surface area contributed by atoms with E-state index in [9.17, 15) is 19.5 Å². The van der Waals surface area contributed by atoms with Crippen molar-refractivity contribution >= 4 is 23.9 Å². The number of Topliss-reactive ketones (excluding diaryl/α,β-unsaturated/α-hetero) is 2. The van der Waals surface area contributed by atoms with E-state index in [-0.39, 0.29) is 41.0 Å². The Labute approximate surface area is 234 Å². The molecule has 6 aliphatic rings. The Morgan fingerprint density at radius 1 is 1.07 bits per heavy atom. The first-order chi connectivity index (χ1) is 18.7. The molecule has 0 aromatic heterocycles. The molecule has 210 valence electrons. The molecule has 1 saturated carbocycles. The van der Waals surface area contributed by atoms with Gasteiger partial charge in [0, 0.05) is 29.4 Å². The highest BCUT2D eigenvalue weighted by Gasteiger charge is 2.81. The molecule has 1 aromatic rings. The summed E-state index contributed by atoms with van der Waals surface area (Å²) in [6.07, 6.45) is 10.8. The minimum atomic E-state index is -1.49.